The van der Waals surface area contributed by atoms with Crippen LogP contribution in [0.5, 0.6) is 0 Å². The van der Waals surface area contributed by atoms with Crippen LogP contribution in [0, 0.1) is 0 Å². The maximum Gasteiger partial charge on any atom is 0.0794 e. The van der Waals surface area contributed by atoms with Gasteiger partial charge in [-0.3, -0.25) is 0 Å². The Balaban J connectivity index is 1.56. The van der Waals surface area contributed by atoms with E-state index in [2.05, 4.69) is 141 Å². The first-order chi connectivity index (χ1) is 19.2. The maximum absolute atomic E-state index is 5.39. The largest absolute Gasteiger partial charge is 0.247 e. The van der Waals surface area contributed by atoms with E-state index < -0.39 is 0 Å². The molecule has 0 aliphatic rings. The number of hydrogen-bond donors (Lipinski definition) is 0. The third-order valence-corrected chi connectivity index (χ3v) is 7.92. The highest BCUT2D eigenvalue weighted by atomic mass is 14.7. The number of aryl methyl sites for hydroxylation is 1. The van der Waals surface area contributed by atoms with Gasteiger partial charge in [0.25, 0.3) is 0 Å². The SMILES string of the molecule is C/C=C\c1ccc2c(-c3cccc(-c4ccc5ccccc5c4)c3)c3ccc4ccccc4c3nc2c1CC. The predicted molar refractivity (Wildman–Crippen MR) is 169 cm³/mol. The van der Waals surface area contributed by atoms with Gasteiger partial charge in [-0.2, -0.15) is 0 Å². The Bertz CT molecular complexity index is 2060. The van der Waals surface area contributed by atoms with Crippen molar-refractivity contribution in [2.24, 2.45) is 0 Å². The zero-order chi connectivity index (χ0) is 26.3. The van der Waals surface area contributed by atoms with Gasteiger partial charge in [0.2, 0.25) is 0 Å². The van der Waals surface area contributed by atoms with E-state index in [1.807, 2.05) is 0 Å². The number of fused-ring (bicyclic) bond motifs is 5. The average Bonchev–Trinajstić information content (AvgIpc) is 2.99. The molecular formula is C38H29N. The molecule has 0 spiro atoms. The van der Waals surface area contributed by atoms with Crippen molar-refractivity contribution < 1.29 is 0 Å². The zero-order valence-corrected chi connectivity index (χ0v) is 22.3. The molecule has 0 bridgehead atoms. The van der Waals surface area contributed by atoms with E-state index in [1.165, 1.54) is 65.7 Å². The summed E-state index contributed by atoms with van der Waals surface area (Å²) in [6.45, 7) is 4.31. The number of allylic oxidation sites excluding steroid dienone is 1. The number of hydrogen-bond acceptors (Lipinski definition) is 1. The number of rotatable bonds is 4. The fraction of sp³-hybridized carbons (Fsp3) is 0.0789. The summed E-state index contributed by atoms with van der Waals surface area (Å²) >= 11 is 0. The highest BCUT2D eigenvalue weighted by Gasteiger charge is 2.17. The van der Waals surface area contributed by atoms with Crippen LogP contribution in [0.15, 0.2) is 121 Å². The molecule has 0 N–H and O–H groups in total. The summed E-state index contributed by atoms with van der Waals surface area (Å²) in [6.07, 6.45) is 5.24. The van der Waals surface area contributed by atoms with Crippen molar-refractivity contribution in [3.63, 3.8) is 0 Å². The van der Waals surface area contributed by atoms with Gasteiger partial charge in [-0.1, -0.05) is 122 Å². The summed E-state index contributed by atoms with van der Waals surface area (Å²) in [4.78, 5) is 5.39. The predicted octanol–water partition coefficient (Wildman–Crippen LogP) is 10.6. The van der Waals surface area contributed by atoms with Gasteiger partial charge >= 0.3 is 0 Å². The van der Waals surface area contributed by atoms with Gasteiger partial charge in [-0.05, 0) is 69.5 Å². The third-order valence-electron chi connectivity index (χ3n) is 7.92. The van der Waals surface area contributed by atoms with Crippen LogP contribution in [0.3, 0.4) is 0 Å². The smallest absolute Gasteiger partial charge is 0.0794 e. The molecule has 1 nitrogen and oxygen atoms in total. The molecule has 0 aliphatic heterocycles. The number of benzene rings is 6. The Morgan fingerprint density at radius 3 is 2.10 bits per heavy atom. The van der Waals surface area contributed by atoms with E-state index >= 15 is 0 Å². The summed E-state index contributed by atoms with van der Waals surface area (Å²) in [5.74, 6) is 0. The van der Waals surface area contributed by atoms with Crippen molar-refractivity contribution in [3.05, 3.63) is 132 Å². The lowest BCUT2D eigenvalue weighted by atomic mass is 9.89. The van der Waals surface area contributed by atoms with Crippen molar-refractivity contribution in [1.29, 1.82) is 0 Å². The number of aromatic nitrogens is 1. The lowest BCUT2D eigenvalue weighted by Gasteiger charge is -2.17. The first-order valence-corrected chi connectivity index (χ1v) is 13.7. The molecule has 0 atom stereocenters. The molecule has 6 aromatic carbocycles. The van der Waals surface area contributed by atoms with Gasteiger partial charge in [0, 0.05) is 21.7 Å². The summed E-state index contributed by atoms with van der Waals surface area (Å²) in [5, 5.41) is 7.34. The van der Waals surface area contributed by atoms with Crippen molar-refractivity contribution >= 4 is 49.4 Å². The van der Waals surface area contributed by atoms with E-state index in [0.29, 0.717) is 0 Å². The topological polar surface area (TPSA) is 12.9 Å². The lowest BCUT2D eigenvalue weighted by molar-refractivity contribution is 1.14. The molecule has 0 saturated heterocycles. The summed E-state index contributed by atoms with van der Waals surface area (Å²) in [7, 11) is 0. The Labute approximate surface area is 229 Å². The highest BCUT2D eigenvalue weighted by Crippen LogP contribution is 2.40. The molecule has 7 aromatic rings. The van der Waals surface area contributed by atoms with E-state index in [0.717, 1.165) is 17.5 Å². The van der Waals surface area contributed by atoms with Gasteiger partial charge in [0.1, 0.15) is 0 Å². The summed E-state index contributed by atoms with van der Waals surface area (Å²) < 4.78 is 0. The first-order valence-electron chi connectivity index (χ1n) is 13.7. The summed E-state index contributed by atoms with van der Waals surface area (Å²) in [6, 6.07) is 41.9. The van der Waals surface area contributed by atoms with E-state index in [1.54, 1.807) is 0 Å². The molecular weight excluding hydrogens is 470 g/mol. The minimum Gasteiger partial charge on any atom is -0.247 e. The van der Waals surface area contributed by atoms with Crippen LogP contribution >= 0.6 is 0 Å². The van der Waals surface area contributed by atoms with Crippen molar-refractivity contribution in [2.75, 3.05) is 0 Å². The van der Waals surface area contributed by atoms with Gasteiger partial charge in [-0.25, -0.2) is 4.98 Å². The molecule has 1 heterocycles. The Morgan fingerprint density at radius 2 is 1.26 bits per heavy atom. The molecule has 39 heavy (non-hydrogen) atoms. The van der Waals surface area contributed by atoms with Crippen molar-refractivity contribution in [3.8, 4) is 22.3 Å². The molecule has 186 valence electrons. The van der Waals surface area contributed by atoms with Crippen LogP contribution in [-0.2, 0) is 6.42 Å². The molecule has 0 amide bonds. The van der Waals surface area contributed by atoms with Crippen LogP contribution in [0.25, 0.3) is 71.7 Å². The lowest BCUT2D eigenvalue weighted by Crippen LogP contribution is -1.96. The molecule has 0 aliphatic carbocycles. The second kappa shape index (κ2) is 9.53. The van der Waals surface area contributed by atoms with Gasteiger partial charge in [0.05, 0.1) is 11.0 Å². The van der Waals surface area contributed by atoms with Crippen LogP contribution < -0.4 is 0 Å². The monoisotopic (exact) mass is 499 g/mol. The van der Waals surface area contributed by atoms with Crippen LogP contribution in [-0.4, -0.2) is 4.98 Å². The minimum atomic E-state index is 0.927. The molecule has 0 saturated carbocycles. The molecule has 0 radical (unpaired) electrons. The van der Waals surface area contributed by atoms with Crippen LogP contribution in [0.2, 0.25) is 0 Å². The molecule has 0 fully saturated rings. The quantitative estimate of drug-likeness (QED) is 0.173. The van der Waals surface area contributed by atoms with Gasteiger partial charge in [0.15, 0.2) is 0 Å². The minimum absolute atomic E-state index is 0.927. The van der Waals surface area contributed by atoms with Gasteiger partial charge in [-0.15, -0.1) is 0 Å². The molecule has 0 unspecified atom stereocenters. The zero-order valence-electron chi connectivity index (χ0n) is 22.3. The van der Waals surface area contributed by atoms with Crippen LogP contribution in [0.4, 0.5) is 0 Å². The number of pyridine rings is 1. The average molecular weight is 500 g/mol. The fourth-order valence-corrected chi connectivity index (χ4v) is 6.06. The highest BCUT2D eigenvalue weighted by molar-refractivity contribution is 6.17. The Morgan fingerprint density at radius 1 is 0.564 bits per heavy atom. The number of nitrogens with zero attached hydrogens (tertiary/aromatic N) is 1. The molecule has 1 heteroatoms. The van der Waals surface area contributed by atoms with E-state index in [4.69, 9.17) is 4.98 Å². The van der Waals surface area contributed by atoms with Gasteiger partial charge < -0.3 is 0 Å². The Kier molecular flexibility index (Phi) is 5.71. The maximum atomic E-state index is 5.39. The van der Waals surface area contributed by atoms with E-state index in [9.17, 15) is 0 Å². The van der Waals surface area contributed by atoms with Crippen molar-refractivity contribution in [2.45, 2.75) is 20.3 Å². The second-order valence-corrected chi connectivity index (χ2v) is 10.2. The van der Waals surface area contributed by atoms with E-state index in [-0.39, 0.29) is 0 Å². The Hall–Kier alpha value is -4.75. The second-order valence-electron chi connectivity index (χ2n) is 10.2. The molecule has 7 rings (SSSR count). The first kappa shape index (κ1) is 23.4. The van der Waals surface area contributed by atoms with Crippen molar-refractivity contribution in [1.82, 2.24) is 4.98 Å². The fourth-order valence-electron chi connectivity index (χ4n) is 6.06. The normalized spacial score (nSPS) is 11.8. The molecule has 1 aromatic heterocycles. The third kappa shape index (κ3) is 3.90. The standard InChI is InChI=1S/C38H29N/c1-3-10-26-19-21-34-36(31-15-9-14-29(24-31)30-18-17-25-11-5-6-13-28(25)23-30)35-22-20-27-12-7-8-16-33(27)38(35)39-37(34)32(26)4-2/h3,5-24H,4H2,1-2H3/b10-3-. The van der Waals surface area contributed by atoms with Crippen LogP contribution in [0.1, 0.15) is 25.0 Å². The summed E-state index contributed by atoms with van der Waals surface area (Å²) in [5.41, 5.74) is 9.64.